The molecule has 0 rings (SSSR count). The van der Waals surface area contributed by atoms with Gasteiger partial charge in [-0.25, -0.2) is 9.36 Å². The van der Waals surface area contributed by atoms with E-state index in [1.807, 2.05) is 0 Å². The van der Waals surface area contributed by atoms with E-state index >= 15 is 0 Å². The smallest absolute Gasteiger partial charge is 0.469 e. The number of hydrogen-bond acceptors (Lipinski definition) is 4. The number of nitrogens with one attached hydrogen (secondary N) is 1. The molecule has 8 nitrogen and oxygen atoms in total. The van der Waals surface area contributed by atoms with Gasteiger partial charge in [-0.2, -0.15) is 0 Å². The second-order valence-corrected chi connectivity index (χ2v) is 8.46. The average Bonchev–Trinajstić information content (AvgIpc) is 2.64. The van der Waals surface area contributed by atoms with E-state index in [4.69, 9.17) is 14.9 Å². The zero-order valence-corrected chi connectivity index (χ0v) is 18.4. The minimum Gasteiger partial charge on any atom is -0.480 e. The van der Waals surface area contributed by atoms with Gasteiger partial charge in [-0.3, -0.25) is 9.32 Å². The lowest BCUT2D eigenvalue weighted by molar-refractivity contribution is -0.142. The first-order chi connectivity index (χ1) is 13.8. The molecule has 0 aromatic rings. The Morgan fingerprint density at radius 2 is 1.45 bits per heavy atom. The highest BCUT2D eigenvalue weighted by Crippen LogP contribution is 2.35. The second-order valence-electron chi connectivity index (χ2n) is 7.23. The number of allylic oxidation sites excluding steroid dienone is 2. The number of carbonyl (C=O) groups is 2. The molecular formula is C20H38NO7P. The summed E-state index contributed by atoms with van der Waals surface area (Å²) in [6.45, 7) is 1.44. The van der Waals surface area contributed by atoms with Crippen LogP contribution < -0.4 is 5.32 Å². The van der Waals surface area contributed by atoms with Crippen LogP contribution in [0.15, 0.2) is 12.2 Å². The Hall–Kier alpha value is -1.21. The highest BCUT2D eigenvalue weighted by molar-refractivity contribution is 7.46. The first kappa shape index (κ1) is 27.8. The van der Waals surface area contributed by atoms with Crippen molar-refractivity contribution in [2.45, 2.75) is 96.4 Å². The normalized spacial score (nSPS) is 12.9. The molecule has 0 spiro atoms. The van der Waals surface area contributed by atoms with Crippen molar-refractivity contribution < 1.29 is 33.6 Å². The molecule has 0 aliphatic carbocycles. The highest BCUT2D eigenvalue weighted by Gasteiger charge is 2.24. The zero-order valence-electron chi connectivity index (χ0n) is 17.6. The summed E-state index contributed by atoms with van der Waals surface area (Å²) in [4.78, 5) is 40.0. The second kappa shape index (κ2) is 17.6. The minimum absolute atomic E-state index is 0.174. The Labute approximate surface area is 174 Å². The summed E-state index contributed by atoms with van der Waals surface area (Å²) < 4.78 is 14.8. The van der Waals surface area contributed by atoms with Crippen LogP contribution in [0.25, 0.3) is 0 Å². The molecule has 0 fully saturated rings. The quantitative estimate of drug-likeness (QED) is 0.135. The van der Waals surface area contributed by atoms with Gasteiger partial charge < -0.3 is 20.2 Å². The molecule has 0 heterocycles. The van der Waals surface area contributed by atoms with Crippen molar-refractivity contribution >= 4 is 19.7 Å². The minimum atomic E-state index is -4.78. The molecule has 0 aliphatic rings. The highest BCUT2D eigenvalue weighted by atomic mass is 31.2. The van der Waals surface area contributed by atoms with Crippen LogP contribution in [0.1, 0.15) is 90.4 Å². The molecule has 0 aromatic heterocycles. The topological polar surface area (TPSA) is 133 Å². The van der Waals surface area contributed by atoms with Gasteiger partial charge in [0.1, 0.15) is 0 Å². The Bertz CT molecular complexity index is 519. The van der Waals surface area contributed by atoms with Crippen LogP contribution in [-0.2, 0) is 18.7 Å². The first-order valence-corrected chi connectivity index (χ1v) is 12.2. The van der Waals surface area contributed by atoms with Gasteiger partial charge >= 0.3 is 13.8 Å². The van der Waals surface area contributed by atoms with E-state index in [9.17, 15) is 14.2 Å². The number of rotatable bonds is 19. The largest absolute Gasteiger partial charge is 0.480 e. The van der Waals surface area contributed by atoms with Crippen molar-refractivity contribution in [1.82, 2.24) is 5.32 Å². The maximum atomic E-state index is 11.8. The molecule has 0 unspecified atom stereocenters. The molecular weight excluding hydrogens is 397 g/mol. The SMILES string of the molecule is CCCCCCCC/C=C\CCCCCCC(=O)N[C@@H](COP(=O)(O)O)C(=O)O. The van der Waals surface area contributed by atoms with Crippen molar-refractivity contribution in [2.75, 3.05) is 6.61 Å². The summed E-state index contributed by atoms with van der Waals surface area (Å²) >= 11 is 0. The molecule has 9 heteroatoms. The van der Waals surface area contributed by atoms with E-state index in [0.29, 0.717) is 6.42 Å². The summed E-state index contributed by atoms with van der Waals surface area (Å²) in [5.41, 5.74) is 0. The van der Waals surface area contributed by atoms with Gasteiger partial charge in [-0.1, -0.05) is 64.0 Å². The van der Waals surface area contributed by atoms with Gasteiger partial charge in [0, 0.05) is 6.42 Å². The average molecular weight is 435 g/mol. The molecule has 0 aliphatic heterocycles. The number of unbranched alkanes of at least 4 members (excludes halogenated alkanes) is 10. The summed E-state index contributed by atoms with van der Waals surface area (Å²) in [6.07, 6.45) is 18.2. The third-order valence-corrected chi connectivity index (χ3v) is 4.94. The fourth-order valence-electron chi connectivity index (χ4n) is 2.79. The monoisotopic (exact) mass is 435 g/mol. The molecule has 1 amide bonds. The molecule has 4 N–H and O–H groups in total. The van der Waals surface area contributed by atoms with Gasteiger partial charge in [0.15, 0.2) is 6.04 Å². The standard InChI is InChI=1S/C20H38NO7P/c1-2-3-4-5-6-7-8-9-10-11-12-13-14-15-16-19(22)21-18(20(23)24)17-28-29(25,26)27/h9-10,18H,2-8,11-17H2,1H3,(H,21,22)(H,23,24)(H2,25,26,27)/b10-9-/t18-/m0/s1. The number of aliphatic carboxylic acids is 1. The van der Waals surface area contributed by atoms with E-state index < -0.39 is 32.3 Å². The third kappa shape index (κ3) is 19.9. The Morgan fingerprint density at radius 1 is 0.931 bits per heavy atom. The van der Waals surface area contributed by atoms with Gasteiger partial charge in [0.25, 0.3) is 0 Å². The Morgan fingerprint density at radius 3 is 1.97 bits per heavy atom. The Balaban J connectivity index is 3.66. The number of carboxylic acid groups (broad SMARTS) is 1. The number of phosphoric acid groups is 1. The fourth-order valence-corrected chi connectivity index (χ4v) is 3.14. The van der Waals surface area contributed by atoms with Crippen LogP contribution >= 0.6 is 7.82 Å². The molecule has 0 saturated heterocycles. The molecule has 0 bridgehead atoms. The van der Waals surface area contributed by atoms with E-state index in [0.717, 1.165) is 32.1 Å². The molecule has 0 radical (unpaired) electrons. The predicted molar refractivity (Wildman–Crippen MR) is 112 cm³/mol. The van der Waals surface area contributed by atoms with Crippen molar-refractivity contribution in [2.24, 2.45) is 0 Å². The van der Waals surface area contributed by atoms with E-state index in [-0.39, 0.29) is 6.42 Å². The number of carboxylic acids is 1. The van der Waals surface area contributed by atoms with E-state index in [2.05, 4.69) is 28.9 Å². The number of amides is 1. The maximum Gasteiger partial charge on any atom is 0.469 e. The van der Waals surface area contributed by atoms with Crippen LogP contribution in [-0.4, -0.2) is 39.4 Å². The van der Waals surface area contributed by atoms with Crippen LogP contribution in [0.5, 0.6) is 0 Å². The van der Waals surface area contributed by atoms with E-state index in [1.165, 1.54) is 38.5 Å². The molecule has 0 aromatic carbocycles. The first-order valence-electron chi connectivity index (χ1n) is 10.6. The van der Waals surface area contributed by atoms with Crippen LogP contribution in [0, 0.1) is 0 Å². The van der Waals surface area contributed by atoms with Crippen molar-refractivity contribution in [3.05, 3.63) is 12.2 Å². The lowest BCUT2D eigenvalue weighted by Gasteiger charge is -2.15. The van der Waals surface area contributed by atoms with Gasteiger partial charge in [-0.15, -0.1) is 0 Å². The van der Waals surface area contributed by atoms with Crippen LogP contribution in [0.4, 0.5) is 0 Å². The Kier molecular flexibility index (Phi) is 16.9. The third-order valence-electron chi connectivity index (χ3n) is 4.46. The maximum absolute atomic E-state index is 11.8. The lowest BCUT2D eigenvalue weighted by atomic mass is 10.1. The summed E-state index contributed by atoms with van der Waals surface area (Å²) in [6, 6.07) is -1.48. The van der Waals surface area contributed by atoms with Crippen LogP contribution in [0.3, 0.4) is 0 Å². The number of phosphoric ester groups is 1. The molecule has 170 valence electrons. The molecule has 0 saturated carbocycles. The van der Waals surface area contributed by atoms with Gasteiger partial charge in [-0.05, 0) is 32.1 Å². The molecule has 29 heavy (non-hydrogen) atoms. The van der Waals surface area contributed by atoms with E-state index in [1.54, 1.807) is 0 Å². The lowest BCUT2D eigenvalue weighted by Crippen LogP contribution is -2.43. The summed E-state index contributed by atoms with van der Waals surface area (Å²) in [7, 11) is -4.78. The van der Waals surface area contributed by atoms with Gasteiger partial charge in [0.05, 0.1) is 6.61 Å². The van der Waals surface area contributed by atoms with Crippen molar-refractivity contribution in [3.63, 3.8) is 0 Å². The predicted octanol–water partition coefficient (Wildman–Crippen LogP) is 4.31. The summed E-state index contributed by atoms with van der Waals surface area (Å²) in [5, 5.41) is 11.2. The van der Waals surface area contributed by atoms with Crippen LogP contribution in [0.2, 0.25) is 0 Å². The number of hydrogen-bond donors (Lipinski definition) is 4. The summed E-state index contributed by atoms with van der Waals surface area (Å²) in [5.74, 6) is -1.87. The number of carbonyl (C=O) groups excluding carboxylic acids is 1. The van der Waals surface area contributed by atoms with Crippen molar-refractivity contribution in [1.29, 1.82) is 0 Å². The zero-order chi connectivity index (χ0) is 22.0. The fraction of sp³-hybridized carbons (Fsp3) is 0.800. The van der Waals surface area contributed by atoms with Gasteiger partial charge in [0.2, 0.25) is 5.91 Å². The van der Waals surface area contributed by atoms with Crippen molar-refractivity contribution in [3.8, 4) is 0 Å². The molecule has 1 atom stereocenters.